The van der Waals surface area contributed by atoms with Gasteiger partial charge in [-0.3, -0.25) is 0 Å². The Balaban J connectivity index is 0.000000613. The fourth-order valence-corrected chi connectivity index (χ4v) is 3.10. The summed E-state index contributed by atoms with van der Waals surface area (Å²) in [5, 5.41) is 10.3. The average molecular weight is 344 g/mol. The number of nitriles is 1. The molecule has 26 heavy (non-hydrogen) atoms. The summed E-state index contributed by atoms with van der Waals surface area (Å²) in [6, 6.07) is 20.6. The molecule has 1 heterocycles. The van der Waals surface area contributed by atoms with Crippen molar-refractivity contribution in [2.45, 2.75) is 6.42 Å². The van der Waals surface area contributed by atoms with Crippen LogP contribution in [0.5, 0.6) is 0 Å². The van der Waals surface area contributed by atoms with Crippen LogP contribution in [-0.2, 0) is 15.9 Å². The molecule has 1 aliphatic rings. The maximum atomic E-state index is 9.27. The van der Waals surface area contributed by atoms with Gasteiger partial charge in [-0.05, 0) is 23.8 Å². The smallest absolute Gasteiger partial charge is 0.140 e. The van der Waals surface area contributed by atoms with Crippen molar-refractivity contribution in [3.05, 3.63) is 71.3 Å². The maximum Gasteiger partial charge on any atom is 0.140 e. The Morgan fingerprint density at radius 2 is 1.73 bits per heavy atom. The fourth-order valence-electron chi connectivity index (χ4n) is 3.10. The Morgan fingerprint density at radius 1 is 1.00 bits per heavy atom. The van der Waals surface area contributed by atoms with Crippen LogP contribution in [0.1, 0.15) is 11.1 Å². The number of allylic oxidation sites excluding steroid dienone is 1. The zero-order valence-electron chi connectivity index (χ0n) is 15.1. The molecule has 130 valence electrons. The number of pyridine rings is 1. The molecular formula is C22H20N2O2. The minimum atomic E-state index is 0.630. The summed E-state index contributed by atoms with van der Waals surface area (Å²) < 4.78 is 9.68. The van der Waals surface area contributed by atoms with Crippen LogP contribution in [0.3, 0.4) is 0 Å². The van der Waals surface area contributed by atoms with Gasteiger partial charge >= 0.3 is 0 Å². The lowest BCUT2D eigenvalue weighted by atomic mass is 10.0. The largest absolute Gasteiger partial charge is 0.495 e. The van der Waals surface area contributed by atoms with Gasteiger partial charge in [0, 0.05) is 37.2 Å². The highest BCUT2D eigenvalue weighted by atomic mass is 16.5. The standard InChI is InChI=1S/C20H14N2O.C2H6O/c1-23-20-16(12-21)10-15-9-14-7-8-18(13-5-3-2-4-6-13)22-19(14)11-17(15)20;1-3-2/h2-9,11H,10H2,1H3;1-2H3. The second-order valence-corrected chi connectivity index (χ2v) is 5.97. The van der Waals surface area contributed by atoms with Crippen LogP contribution in [0.25, 0.3) is 27.9 Å². The van der Waals surface area contributed by atoms with E-state index in [0.717, 1.165) is 33.3 Å². The molecule has 0 atom stereocenters. The predicted octanol–water partition coefficient (Wildman–Crippen LogP) is 4.60. The predicted molar refractivity (Wildman–Crippen MR) is 103 cm³/mol. The first-order valence-corrected chi connectivity index (χ1v) is 8.28. The zero-order valence-corrected chi connectivity index (χ0v) is 15.1. The summed E-state index contributed by atoms with van der Waals surface area (Å²) in [6.07, 6.45) is 0.630. The van der Waals surface area contributed by atoms with Gasteiger partial charge in [-0.2, -0.15) is 5.26 Å². The number of hydrogen-bond acceptors (Lipinski definition) is 4. The number of rotatable bonds is 2. The highest BCUT2D eigenvalue weighted by molar-refractivity contribution is 5.89. The van der Waals surface area contributed by atoms with Gasteiger partial charge in [0.25, 0.3) is 0 Å². The third kappa shape index (κ3) is 3.30. The van der Waals surface area contributed by atoms with Crippen LogP contribution in [0, 0.1) is 11.3 Å². The van der Waals surface area contributed by atoms with Crippen LogP contribution < -0.4 is 0 Å². The lowest BCUT2D eigenvalue weighted by molar-refractivity contribution is 0.277. The van der Waals surface area contributed by atoms with E-state index in [0.29, 0.717) is 17.8 Å². The number of benzene rings is 2. The zero-order chi connectivity index (χ0) is 18.5. The van der Waals surface area contributed by atoms with Crippen molar-refractivity contribution in [1.29, 1.82) is 5.26 Å². The summed E-state index contributed by atoms with van der Waals surface area (Å²) in [5.41, 5.74) is 5.74. The molecule has 2 aromatic carbocycles. The number of methoxy groups -OCH3 is 2. The molecule has 1 aliphatic carbocycles. The Hall–Kier alpha value is -3.16. The monoisotopic (exact) mass is 344 g/mol. The van der Waals surface area contributed by atoms with E-state index in [-0.39, 0.29) is 0 Å². The molecule has 0 spiro atoms. The van der Waals surface area contributed by atoms with Crippen LogP contribution in [-0.4, -0.2) is 26.3 Å². The van der Waals surface area contributed by atoms with Gasteiger partial charge in [-0.25, -0.2) is 4.98 Å². The van der Waals surface area contributed by atoms with E-state index in [9.17, 15) is 5.26 Å². The third-order valence-electron chi connectivity index (χ3n) is 4.21. The number of fused-ring (bicyclic) bond motifs is 2. The van der Waals surface area contributed by atoms with E-state index in [1.165, 1.54) is 0 Å². The van der Waals surface area contributed by atoms with Crippen LogP contribution in [0.4, 0.5) is 0 Å². The Kier molecular flexibility index (Phi) is 5.31. The minimum Gasteiger partial charge on any atom is -0.495 e. The summed E-state index contributed by atoms with van der Waals surface area (Å²) in [7, 11) is 4.86. The topological polar surface area (TPSA) is 55.1 Å². The molecule has 1 aromatic heterocycles. The Labute approximate surface area is 153 Å². The number of hydrogen-bond donors (Lipinski definition) is 0. The second-order valence-electron chi connectivity index (χ2n) is 5.97. The molecule has 4 heteroatoms. The number of nitrogens with zero attached hydrogens (tertiary/aromatic N) is 2. The van der Waals surface area contributed by atoms with E-state index < -0.39 is 0 Å². The van der Waals surface area contributed by atoms with Gasteiger partial charge in [0.05, 0.1) is 30.0 Å². The van der Waals surface area contributed by atoms with Crippen molar-refractivity contribution >= 4 is 16.7 Å². The number of ether oxygens (including phenoxy) is 2. The minimum absolute atomic E-state index is 0.630. The highest BCUT2D eigenvalue weighted by Gasteiger charge is 2.23. The van der Waals surface area contributed by atoms with E-state index in [1.807, 2.05) is 30.3 Å². The van der Waals surface area contributed by atoms with Crippen molar-refractivity contribution in [3.8, 4) is 17.3 Å². The summed E-state index contributed by atoms with van der Waals surface area (Å²) >= 11 is 0. The number of aromatic nitrogens is 1. The van der Waals surface area contributed by atoms with Crippen molar-refractivity contribution in [1.82, 2.24) is 4.98 Å². The molecule has 0 radical (unpaired) electrons. The van der Waals surface area contributed by atoms with Crippen molar-refractivity contribution in [2.75, 3.05) is 21.3 Å². The van der Waals surface area contributed by atoms with Crippen LogP contribution in [0.2, 0.25) is 0 Å². The Bertz CT molecular complexity index is 1000. The van der Waals surface area contributed by atoms with Gasteiger partial charge in [0.1, 0.15) is 5.76 Å². The lowest BCUT2D eigenvalue weighted by Gasteiger charge is -2.08. The molecule has 0 aliphatic heterocycles. The van der Waals surface area contributed by atoms with Gasteiger partial charge in [0.15, 0.2) is 0 Å². The molecule has 0 N–H and O–H groups in total. The average Bonchev–Trinajstić information content (AvgIpc) is 3.03. The van der Waals surface area contributed by atoms with Crippen molar-refractivity contribution in [2.24, 2.45) is 0 Å². The molecule has 0 saturated heterocycles. The summed E-state index contributed by atoms with van der Waals surface area (Å²) in [5.74, 6) is 0.677. The van der Waals surface area contributed by atoms with Gasteiger partial charge in [-0.15, -0.1) is 0 Å². The lowest BCUT2D eigenvalue weighted by Crippen LogP contribution is -1.91. The first-order chi connectivity index (χ1) is 12.7. The Morgan fingerprint density at radius 3 is 2.38 bits per heavy atom. The van der Waals surface area contributed by atoms with Crippen LogP contribution in [0.15, 0.2) is 60.2 Å². The maximum absolute atomic E-state index is 9.27. The molecule has 0 saturated carbocycles. The van der Waals surface area contributed by atoms with E-state index in [2.05, 4.69) is 35.1 Å². The summed E-state index contributed by atoms with van der Waals surface area (Å²) in [4.78, 5) is 4.78. The van der Waals surface area contributed by atoms with Crippen molar-refractivity contribution < 1.29 is 9.47 Å². The first-order valence-electron chi connectivity index (χ1n) is 8.28. The van der Waals surface area contributed by atoms with Crippen LogP contribution >= 0.6 is 0 Å². The summed E-state index contributed by atoms with van der Waals surface area (Å²) in [6.45, 7) is 0. The van der Waals surface area contributed by atoms with E-state index in [4.69, 9.17) is 9.72 Å². The molecule has 0 unspecified atom stereocenters. The van der Waals surface area contributed by atoms with Gasteiger partial charge < -0.3 is 9.47 Å². The van der Waals surface area contributed by atoms with E-state index >= 15 is 0 Å². The first kappa shape index (κ1) is 17.7. The van der Waals surface area contributed by atoms with E-state index in [1.54, 1.807) is 21.3 Å². The molecule has 0 bridgehead atoms. The molecule has 0 fully saturated rings. The van der Waals surface area contributed by atoms with Gasteiger partial charge in [0.2, 0.25) is 0 Å². The SMILES string of the molecule is COC.COC1=C(C#N)Cc2cc3ccc(-c4ccccc4)nc3cc21. The molecular weight excluding hydrogens is 324 g/mol. The molecule has 0 amide bonds. The van der Waals surface area contributed by atoms with Crippen molar-refractivity contribution in [3.63, 3.8) is 0 Å². The normalized spacial score (nSPS) is 12.2. The molecule has 4 nitrogen and oxygen atoms in total. The second kappa shape index (κ2) is 7.81. The molecule has 4 rings (SSSR count). The fraction of sp³-hybridized carbons (Fsp3) is 0.182. The quantitative estimate of drug-likeness (QED) is 0.682. The molecule has 3 aromatic rings. The highest BCUT2D eigenvalue weighted by Crippen LogP contribution is 2.35. The third-order valence-corrected chi connectivity index (χ3v) is 4.21. The van der Waals surface area contributed by atoms with Gasteiger partial charge in [-0.1, -0.05) is 36.4 Å².